The molecule has 0 radical (unpaired) electrons. The van der Waals surface area contributed by atoms with Crippen LogP contribution in [0.5, 0.6) is 0 Å². The minimum absolute atomic E-state index is 0.248. The summed E-state index contributed by atoms with van der Waals surface area (Å²) in [5.41, 5.74) is 7.92. The van der Waals surface area contributed by atoms with Crippen LogP contribution >= 0.6 is 11.3 Å². The number of thiophene rings is 1. The Kier molecular flexibility index (Phi) is 7.42. The monoisotopic (exact) mass is 719 g/mol. The van der Waals surface area contributed by atoms with E-state index in [0.717, 1.165) is 33.9 Å². The van der Waals surface area contributed by atoms with Crippen LogP contribution in [0.1, 0.15) is 22.9 Å². The average molecular weight is 720 g/mol. The van der Waals surface area contributed by atoms with Crippen molar-refractivity contribution in [2.75, 3.05) is 0 Å². The zero-order valence-electron chi connectivity index (χ0n) is 29.8. The highest BCUT2D eigenvalue weighted by molar-refractivity contribution is 7.26. The molecular formula is C51H33N3S. The van der Waals surface area contributed by atoms with Crippen LogP contribution in [0.2, 0.25) is 0 Å². The second-order valence-corrected chi connectivity index (χ2v) is 15.2. The molecule has 9 aromatic carbocycles. The van der Waals surface area contributed by atoms with Crippen molar-refractivity contribution in [3.8, 4) is 22.3 Å². The summed E-state index contributed by atoms with van der Waals surface area (Å²) in [7, 11) is 0. The molecule has 3 nitrogen and oxygen atoms in total. The third-order valence-electron chi connectivity index (χ3n) is 10.9. The Hall–Kier alpha value is -6.88. The summed E-state index contributed by atoms with van der Waals surface area (Å²) in [5, 5.41) is 14.0. The third kappa shape index (κ3) is 5.41. The Balaban J connectivity index is 1.03. The second-order valence-electron chi connectivity index (χ2n) is 14.2. The van der Waals surface area contributed by atoms with Crippen molar-refractivity contribution >= 4 is 75.5 Å². The van der Waals surface area contributed by atoms with Crippen molar-refractivity contribution in [2.24, 2.45) is 9.98 Å². The molecule has 1 N–H and O–H groups in total. The van der Waals surface area contributed by atoms with Gasteiger partial charge in [-0.15, -0.1) is 11.3 Å². The van der Waals surface area contributed by atoms with E-state index in [1.807, 2.05) is 35.6 Å². The molecule has 258 valence electrons. The zero-order chi connectivity index (χ0) is 36.3. The number of nitrogens with zero attached hydrogens (tertiary/aromatic N) is 2. The number of benzene rings is 9. The molecular weight excluding hydrogens is 687 g/mol. The highest BCUT2D eigenvalue weighted by Gasteiger charge is 2.22. The molecule has 0 bridgehead atoms. The Morgan fingerprint density at radius 3 is 1.73 bits per heavy atom. The van der Waals surface area contributed by atoms with Gasteiger partial charge in [-0.2, -0.15) is 0 Å². The van der Waals surface area contributed by atoms with E-state index in [4.69, 9.17) is 9.98 Å². The van der Waals surface area contributed by atoms with Crippen LogP contribution in [0, 0.1) is 0 Å². The van der Waals surface area contributed by atoms with E-state index in [1.54, 1.807) is 0 Å². The molecule has 1 atom stereocenters. The molecule has 1 aromatic heterocycles. The van der Waals surface area contributed by atoms with E-state index in [-0.39, 0.29) is 6.17 Å². The summed E-state index contributed by atoms with van der Waals surface area (Å²) < 4.78 is 2.56. The van der Waals surface area contributed by atoms with Crippen molar-refractivity contribution in [2.45, 2.75) is 6.17 Å². The number of amidine groups is 2. The van der Waals surface area contributed by atoms with Crippen LogP contribution in [0.15, 0.2) is 198 Å². The fourth-order valence-electron chi connectivity index (χ4n) is 8.29. The molecule has 1 aliphatic heterocycles. The number of hydrogen-bond donors (Lipinski definition) is 1. The van der Waals surface area contributed by atoms with Crippen LogP contribution in [-0.2, 0) is 0 Å². The topological polar surface area (TPSA) is 36.8 Å². The van der Waals surface area contributed by atoms with Gasteiger partial charge < -0.3 is 5.32 Å². The van der Waals surface area contributed by atoms with E-state index < -0.39 is 0 Å². The van der Waals surface area contributed by atoms with Gasteiger partial charge in [-0.05, 0) is 90.5 Å². The molecule has 55 heavy (non-hydrogen) atoms. The summed E-state index contributed by atoms with van der Waals surface area (Å²) in [5.74, 6) is 1.53. The number of aliphatic imine (C=N–C) groups is 2. The Morgan fingerprint density at radius 2 is 0.982 bits per heavy atom. The summed E-state index contributed by atoms with van der Waals surface area (Å²) >= 11 is 1.86. The lowest BCUT2D eigenvalue weighted by Crippen LogP contribution is -2.33. The van der Waals surface area contributed by atoms with E-state index in [0.29, 0.717) is 0 Å². The van der Waals surface area contributed by atoms with Gasteiger partial charge in [0.2, 0.25) is 0 Å². The fraction of sp³-hybridized carbons (Fsp3) is 0.0196. The van der Waals surface area contributed by atoms with E-state index in [1.165, 1.54) is 69.2 Å². The maximum Gasteiger partial charge on any atom is 0.159 e. The minimum Gasteiger partial charge on any atom is -0.344 e. The molecule has 0 aliphatic carbocycles. The zero-order valence-corrected chi connectivity index (χ0v) is 30.6. The van der Waals surface area contributed by atoms with E-state index >= 15 is 0 Å². The van der Waals surface area contributed by atoms with Crippen LogP contribution in [0.4, 0.5) is 0 Å². The number of nitrogens with one attached hydrogen (secondary N) is 1. The lowest BCUT2D eigenvalue weighted by molar-refractivity contribution is 0.674. The van der Waals surface area contributed by atoms with E-state index in [2.05, 4.69) is 169 Å². The Bertz CT molecular complexity index is 3140. The van der Waals surface area contributed by atoms with E-state index in [9.17, 15) is 0 Å². The van der Waals surface area contributed by atoms with Gasteiger partial charge >= 0.3 is 0 Å². The quantitative estimate of drug-likeness (QED) is 0.177. The first kappa shape index (κ1) is 31.6. The van der Waals surface area contributed by atoms with Crippen LogP contribution in [0.3, 0.4) is 0 Å². The van der Waals surface area contributed by atoms with Crippen LogP contribution < -0.4 is 5.32 Å². The SMILES string of the molecule is c1ccc(C2=NC(c3ccccc3)NC(c3cccc(-c4cccc5sc6ccc(-c7ccc8c9ccccc9c9ccccc9c8c7)cc6c45)c3)=N2)cc1. The lowest BCUT2D eigenvalue weighted by Gasteiger charge is -2.24. The second kappa shape index (κ2) is 12.9. The maximum absolute atomic E-state index is 5.10. The largest absolute Gasteiger partial charge is 0.344 e. The molecule has 1 unspecified atom stereocenters. The molecule has 0 fully saturated rings. The predicted octanol–water partition coefficient (Wildman–Crippen LogP) is 13.3. The summed E-state index contributed by atoms with van der Waals surface area (Å²) in [6.07, 6.45) is -0.248. The minimum atomic E-state index is -0.248. The highest BCUT2D eigenvalue weighted by atomic mass is 32.1. The van der Waals surface area contributed by atoms with Crippen LogP contribution in [0.25, 0.3) is 74.7 Å². The van der Waals surface area contributed by atoms with Gasteiger partial charge in [-0.25, -0.2) is 9.98 Å². The molecule has 1 aliphatic rings. The summed E-state index contributed by atoms with van der Waals surface area (Å²) in [6, 6.07) is 67.6. The van der Waals surface area contributed by atoms with Crippen molar-refractivity contribution in [1.29, 1.82) is 0 Å². The maximum atomic E-state index is 5.10. The van der Waals surface area contributed by atoms with Crippen molar-refractivity contribution in [3.63, 3.8) is 0 Å². The van der Waals surface area contributed by atoms with Crippen molar-refractivity contribution < 1.29 is 0 Å². The number of rotatable bonds is 5. The smallest absolute Gasteiger partial charge is 0.159 e. The molecule has 0 amide bonds. The fourth-order valence-corrected chi connectivity index (χ4v) is 9.40. The summed E-state index contributed by atoms with van der Waals surface area (Å²) in [4.78, 5) is 10.1. The molecule has 11 rings (SSSR count). The normalized spacial score (nSPS) is 14.4. The average Bonchev–Trinajstić information content (AvgIpc) is 3.65. The van der Waals surface area contributed by atoms with Gasteiger partial charge in [0, 0.05) is 31.3 Å². The molecule has 4 heteroatoms. The molecule has 0 saturated carbocycles. The van der Waals surface area contributed by atoms with Gasteiger partial charge in [-0.1, -0.05) is 158 Å². The molecule has 0 spiro atoms. The third-order valence-corrected chi connectivity index (χ3v) is 12.0. The molecule has 0 saturated heterocycles. The molecule has 10 aromatic rings. The van der Waals surface area contributed by atoms with Crippen molar-refractivity contribution in [3.05, 3.63) is 205 Å². The molecule has 2 heterocycles. The first-order valence-electron chi connectivity index (χ1n) is 18.7. The van der Waals surface area contributed by atoms with Gasteiger partial charge in [-0.3, -0.25) is 0 Å². The first-order valence-corrected chi connectivity index (χ1v) is 19.5. The highest BCUT2D eigenvalue weighted by Crippen LogP contribution is 2.43. The Labute approximate surface area is 322 Å². The number of fused-ring (bicyclic) bond motifs is 9. The van der Waals surface area contributed by atoms with Gasteiger partial charge in [0.15, 0.2) is 5.84 Å². The first-order chi connectivity index (χ1) is 27.2. The standard InChI is InChI=1S/C51H33N3S/c1-3-13-32(14-4-1)49-52-50(33-15-5-2-6-16-33)54-51(53-49)37-18-11-17-36(29-37)38-23-12-24-47-48(38)45-31-35(26-28-46(45)55-47)34-25-27-43-41-21-8-7-19-39(41)40-20-9-10-22-42(40)44(43)30-34/h1-31,49H,(H,52,53,54). The van der Waals surface area contributed by atoms with Crippen LogP contribution in [-0.4, -0.2) is 11.7 Å². The lowest BCUT2D eigenvalue weighted by atomic mass is 9.91. The van der Waals surface area contributed by atoms with Gasteiger partial charge in [0.1, 0.15) is 12.0 Å². The number of hydrogen-bond acceptors (Lipinski definition) is 4. The summed E-state index contributed by atoms with van der Waals surface area (Å²) in [6.45, 7) is 0. The Morgan fingerprint density at radius 1 is 0.400 bits per heavy atom. The van der Waals surface area contributed by atoms with Crippen molar-refractivity contribution in [1.82, 2.24) is 5.32 Å². The predicted molar refractivity (Wildman–Crippen MR) is 235 cm³/mol. The van der Waals surface area contributed by atoms with Gasteiger partial charge in [0.25, 0.3) is 0 Å². The van der Waals surface area contributed by atoms with Gasteiger partial charge in [0.05, 0.1) is 0 Å².